The summed E-state index contributed by atoms with van der Waals surface area (Å²) >= 11 is 0. The van der Waals surface area contributed by atoms with E-state index in [1.54, 1.807) is 62.4 Å². The summed E-state index contributed by atoms with van der Waals surface area (Å²) in [6.07, 6.45) is 11.0. The Morgan fingerprint density at radius 3 is 1.74 bits per heavy atom. The van der Waals surface area contributed by atoms with Crippen molar-refractivity contribution in [2.24, 2.45) is 0 Å². The van der Waals surface area contributed by atoms with Crippen LogP contribution in [0.5, 0.6) is 11.5 Å². The van der Waals surface area contributed by atoms with E-state index in [2.05, 4.69) is 13.2 Å². The van der Waals surface area contributed by atoms with Crippen molar-refractivity contribution >= 4 is 48.4 Å². The van der Waals surface area contributed by atoms with Gasteiger partial charge in [0.15, 0.2) is 0 Å². The minimum absolute atomic E-state index is 0.296. The van der Waals surface area contributed by atoms with Crippen molar-refractivity contribution in [1.82, 2.24) is 0 Å². The molecule has 5 heteroatoms. The number of halogens is 1. The van der Waals surface area contributed by atoms with Crippen molar-refractivity contribution in [2.75, 3.05) is 0 Å². The van der Waals surface area contributed by atoms with Crippen LogP contribution in [0.1, 0.15) is 47.2 Å². The molecule has 0 unspecified atom stereocenters. The fourth-order valence-electron chi connectivity index (χ4n) is 3.84. The normalized spacial score (nSPS) is 11.2. The average molecular weight is 571 g/mol. The molecule has 4 aromatic carbocycles. The first-order valence-corrected chi connectivity index (χ1v) is 13.6. The molecular formula is C38H31FO4. The molecule has 0 aromatic heterocycles. The van der Waals surface area contributed by atoms with Crippen LogP contribution in [0.25, 0.3) is 36.5 Å². The van der Waals surface area contributed by atoms with Crippen LogP contribution in [-0.2, 0) is 9.59 Å². The van der Waals surface area contributed by atoms with Gasteiger partial charge in [-0.2, -0.15) is 0 Å². The molecule has 0 bridgehead atoms. The minimum atomic E-state index is -0.514. The molecule has 0 fully saturated rings. The highest BCUT2D eigenvalue weighted by molar-refractivity contribution is 5.90. The van der Waals surface area contributed by atoms with E-state index in [1.807, 2.05) is 72.8 Å². The Balaban J connectivity index is 1.38. The largest absolute Gasteiger partial charge is 0.423 e. The Morgan fingerprint density at radius 2 is 1.12 bits per heavy atom. The third kappa shape index (κ3) is 8.97. The average Bonchev–Trinajstić information content (AvgIpc) is 2.99. The van der Waals surface area contributed by atoms with Gasteiger partial charge in [0.05, 0.1) is 0 Å². The zero-order chi connectivity index (χ0) is 30.8. The molecule has 0 N–H and O–H groups in total. The van der Waals surface area contributed by atoms with E-state index in [-0.39, 0.29) is 5.82 Å². The second kappa shape index (κ2) is 14.4. The van der Waals surface area contributed by atoms with Gasteiger partial charge < -0.3 is 9.47 Å². The quantitative estimate of drug-likeness (QED) is 0.0825. The summed E-state index contributed by atoms with van der Waals surface area (Å²) in [4.78, 5) is 23.7. The lowest BCUT2D eigenvalue weighted by atomic mass is 10.1. The summed E-state index contributed by atoms with van der Waals surface area (Å²) in [6.45, 7) is 10.4. The summed E-state index contributed by atoms with van der Waals surface area (Å²) in [6, 6.07) is 27.2. The number of esters is 2. The summed E-state index contributed by atoms with van der Waals surface area (Å²) in [5.41, 5.74) is 5.28. The fraction of sp³-hybridized carbons (Fsp3) is 0.0526. The SMILES string of the molecule is C=C(C)C(=O)Oc1cccc(/C=C/c2ccc(/C=C/c3ccc(/C=C/c4ccccc4OC(=O)C(=C)C)c(F)c3)cc2)c1. The van der Waals surface area contributed by atoms with Crippen LogP contribution in [0.15, 0.2) is 115 Å². The first-order valence-electron chi connectivity index (χ1n) is 13.6. The van der Waals surface area contributed by atoms with E-state index in [0.717, 1.165) is 22.3 Å². The fourth-order valence-corrected chi connectivity index (χ4v) is 3.84. The van der Waals surface area contributed by atoms with Crippen molar-refractivity contribution in [3.05, 3.63) is 154 Å². The van der Waals surface area contributed by atoms with E-state index in [1.165, 1.54) is 6.07 Å². The number of benzene rings is 4. The molecule has 0 heterocycles. The summed E-state index contributed by atoms with van der Waals surface area (Å²) < 4.78 is 25.5. The molecule has 0 aliphatic heterocycles. The highest BCUT2D eigenvalue weighted by Gasteiger charge is 2.08. The summed E-state index contributed by atoms with van der Waals surface area (Å²) in [7, 11) is 0. The molecule has 0 aliphatic rings. The Morgan fingerprint density at radius 1 is 0.581 bits per heavy atom. The van der Waals surface area contributed by atoms with E-state index < -0.39 is 11.9 Å². The second-order valence-corrected chi connectivity index (χ2v) is 9.90. The van der Waals surface area contributed by atoms with E-state index in [0.29, 0.717) is 33.8 Å². The van der Waals surface area contributed by atoms with Crippen molar-refractivity contribution in [1.29, 1.82) is 0 Å². The maximum atomic E-state index is 14.9. The highest BCUT2D eigenvalue weighted by atomic mass is 19.1. The number of carbonyl (C=O) groups is 2. The molecule has 214 valence electrons. The summed E-state index contributed by atoms with van der Waals surface area (Å²) in [5, 5.41) is 0. The lowest BCUT2D eigenvalue weighted by Crippen LogP contribution is -2.08. The molecule has 43 heavy (non-hydrogen) atoms. The third-order valence-corrected chi connectivity index (χ3v) is 6.23. The first kappa shape index (κ1) is 30.4. The van der Waals surface area contributed by atoms with Gasteiger partial charge in [-0.15, -0.1) is 0 Å². The number of rotatable bonds is 10. The Bertz CT molecular complexity index is 1760. The predicted octanol–water partition coefficient (Wildman–Crippen LogP) is 9.30. The molecular weight excluding hydrogens is 539 g/mol. The van der Waals surface area contributed by atoms with Crippen LogP contribution in [0.2, 0.25) is 0 Å². The van der Waals surface area contributed by atoms with Gasteiger partial charge in [-0.1, -0.05) is 116 Å². The maximum Gasteiger partial charge on any atom is 0.338 e. The van der Waals surface area contributed by atoms with Gasteiger partial charge in [-0.3, -0.25) is 0 Å². The smallest absolute Gasteiger partial charge is 0.338 e. The minimum Gasteiger partial charge on any atom is -0.423 e. The van der Waals surface area contributed by atoms with Gasteiger partial charge in [0.25, 0.3) is 0 Å². The van der Waals surface area contributed by atoms with Gasteiger partial charge in [-0.25, -0.2) is 14.0 Å². The molecule has 0 saturated heterocycles. The van der Waals surface area contributed by atoms with Crippen LogP contribution in [0.3, 0.4) is 0 Å². The number of hydrogen-bond donors (Lipinski definition) is 0. The number of carbonyl (C=O) groups excluding carboxylic acids is 2. The number of para-hydroxylation sites is 1. The van der Waals surface area contributed by atoms with Gasteiger partial charge >= 0.3 is 11.9 Å². The number of ether oxygens (including phenoxy) is 2. The number of hydrogen-bond acceptors (Lipinski definition) is 4. The molecule has 4 nitrogen and oxygen atoms in total. The zero-order valence-corrected chi connectivity index (χ0v) is 24.0. The van der Waals surface area contributed by atoms with E-state index in [9.17, 15) is 14.0 Å². The van der Waals surface area contributed by atoms with Gasteiger partial charge in [0, 0.05) is 22.3 Å². The van der Waals surface area contributed by atoms with E-state index >= 15 is 0 Å². The van der Waals surface area contributed by atoms with Gasteiger partial charge in [-0.05, 0) is 60.4 Å². The van der Waals surface area contributed by atoms with Crippen molar-refractivity contribution in [2.45, 2.75) is 13.8 Å². The second-order valence-electron chi connectivity index (χ2n) is 9.90. The van der Waals surface area contributed by atoms with E-state index in [4.69, 9.17) is 9.47 Å². The standard InChI is InChI=1S/C38H31FO4/c1-26(2)37(40)42-34-10-7-8-30(24-34)18-16-28-12-14-29(15-13-28)17-19-31-20-21-32(35(39)25-31)22-23-33-9-5-6-11-36(33)43-38(41)27(3)4/h5-25H,1,3H2,2,4H3/b18-16+,19-17+,23-22+. The lowest BCUT2D eigenvalue weighted by Gasteiger charge is -2.07. The maximum absolute atomic E-state index is 14.9. The molecule has 0 aliphatic carbocycles. The zero-order valence-electron chi connectivity index (χ0n) is 24.0. The van der Waals surface area contributed by atoms with Crippen LogP contribution >= 0.6 is 0 Å². The highest BCUT2D eigenvalue weighted by Crippen LogP contribution is 2.23. The Kier molecular flexibility index (Phi) is 10.2. The molecule has 0 saturated carbocycles. The lowest BCUT2D eigenvalue weighted by molar-refractivity contribution is -0.130. The molecule has 4 aromatic rings. The molecule has 0 radical (unpaired) electrons. The molecule has 0 amide bonds. The van der Waals surface area contributed by atoms with Crippen molar-refractivity contribution in [3.8, 4) is 11.5 Å². The third-order valence-electron chi connectivity index (χ3n) is 6.23. The Hall–Kier alpha value is -5.55. The molecule has 4 rings (SSSR count). The van der Waals surface area contributed by atoms with Crippen molar-refractivity contribution in [3.63, 3.8) is 0 Å². The Labute approximate surface area is 251 Å². The predicted molar refractivity (Wildman–Crippen MR) is 173 cm³/mol. The molecule has 0 atom stereocenters. The topological polar surface area (TPSA) is 52.6 Å². The van der Waals surface area contributed by atoms with Crippen LogP contribution in [0, 0.1) is 5.82 Å². The molecule has 0 spiro atoms. The monoisotopic (exact) mass is 570 g/mol. The van der Waals surface area contributed by atoms with Crippen LogP contribution < -0.4 is 9.47 Å². The first-order chi connectivity index (χ1) is 20.7. The van der Waals surface area contributed by atoms with Crippen LogP contribution in [0.4, 0.5) is 4.39 Å². The van der Waals surface area contributed by atoms with Crippen molar-refractivity contribution < 1.29 is 23.5 Å². The van der Waals surface area contributed by atoms with Gasteiger partial charge in [0.2, 0.25) is 0 Å². The van der Waals surface area contributed by atoms with Crippen LogP contribution in [-0.4, -0.2) is 11.9 Å². The van der Waals surface area contributed by atoms with Gasteiger partial charge in [0.1, 0.15) is 17.3 Å². The summed E-state index contributed by atoms with van der Waals surface area (Å²) in [5.74, 6) is -0.497.